The average Bonchev–Trinajstić information content (AvgIpc) is 3.01. The van der Waals surface area contributed by atoms with Crippen LogP contribution < -0.4 is 5.32 Å². The number of benzene rings is 2. The van der Waals surface area contributed by atoms with Gasteiger partial charge >= 0.3 is 0 Å². The van der Waals surface area contributed by atoms with Gasteiger partial charge in [-0.05, 0) is 48.0 Å². The summed E-state index contributed by atoms with van der Waals surface area (Å²) in [4.78, 5) is 0. The molecule has 100 valence electrons. The predicted octanol–water partition coefficient (Wildman–Crippen LogP) is 4.23. The van der Waals surface area contributed by atoms with Crippen molar-refractivity contribution in [3.05, 3.63) is 84.4 Å². The summed E-state index contributed by atoms with van der Waals surface area (Å²) in [5.74, 6) is -0.205. The molecule has 0 saturated heterocycles. The quantitative estimate of drug-likeness (QED) is 0.747. The van der Waals surface area contributed by atoms with E-state index in [1.807, 2.05) is 36.7 Å². The molecule has 0 saturated carbocycles. The van der Waals surface area contributed by atoms with E-state index in [0.29, 0.717) is 6.54 Å². The van der Waals surface area contributed by atoms with Crippen LogP contribution in [0.5, 0.6) is 0 Å². The Morgan fingerprint density at radius 1 is 0.900 bits per heavy atom. The molecule has 3 rings (SSSR count). The topological polar surface area (TPSA) is 17.0 Å². The molecule has 0 aliphatic heterocycles. The Balaban J connectivity index is 1.72. The Hall–Kier alpha value is -2.55. The zero-order valence-corrected chi connectivity index (χ0v) is 11.0. The first-order chi connectivity index (χ1) is 9.81. The fraction of sp³-hybridized carbons (Fsp3) is 0.0588. The van der Waals surface area contributed by atoms with Crippen molar-refractivity contribution in [2.75, 3.05) is 5.32 Å². The summed E-state index contributed by atoms with van der Waals surface area (Å²) >= 11 is 0. The number of hydrogen-bond acceptors (Lipinski definition) is 1. The lowest BCUT2D eigenvalue weighted by molar-refractivity contribution is 0.627. The predicted molar refractivity (Wildman–Crippen MR) is 79.5 cm³/mol. The third-order valence-corrected chi connectivity index (χ3v) is 3.16. The van der Waals surface area contributed by atoms with Crippen molar-refractivity contribution >= 4 is 5.69 Å². The monoisotopic (exact) mass is 266 g/mol. The van der Waals surface area contributed by atoms with Crippen molar-refractivity contribution in [3.8, 4) is 5.69 Å². The van der Waals surface area contributed by atoms with Gasteiger partial charge in [-0.1, -0.05) is 18.2 Å². The highest BCUT2D eigenvalue weighted by Crippen LogP contribution is 2.16. The van der Waals surface area contributed by atoms with Gasteiger partial charge in [-0.2, -0.15) is 0 Å². The fourth-order valence-electron chi connectivity index (χ4n) is 2.09. The summed E-state index contributed by atoms with van der Waals surface area (Å²) in [5, 5.41) is 3.35. The largest absolute Gasteiger partial charge is 0.381 e. The van der Waals surface area contributed by atoms with Crippen LogP contribution in [-0.2, 0) is 6.54 Å². The lowest BCUT2D eigenvalue weighted by Crippen LogP contribution is -2.00. The van der Waals surface area contributed by atoms with Gasteiger partial charge in [-0.25, -0.2) is 4.39 Å². The van der Waals surface area contributed by atoms with Crippen molar-refractivity contribution in [2.45, 2.75) is 6.54 Å². The van der Waals surface area contributed by atoms with E-state index in [2.05, 4.69) is 22.0 Å². The van der Waals surface area contributed by atoms with Gasteiger partial charge in [0.25, 0.3) is 0 Å². The van der Waals surface area contributed by atoms with E-state index in [1.165, 1.54) is 12.1 Å². The Labute approximate surface area is 117 Å². The minimum absolute atomic E-state index is 0.205. The van der Waals surface area contributed by atoms with Crippen LogP contribution in [0.3, 0.4) is 0 Å². The van der Waals surface area contributed by atoms with Crippen molar-refractivity contribution in [3.63, 3.8) is 0 Å². The second-order valence-corrected chi connectivity index (χ2v) is 4.62. The lowest BCUT2D eigenvalue weighted by atomic mass is 10.2. The highest BCUT2D eigenvalue weighted by Gasteiger charge is 1.98. The van der Waals surface area contributed by atoms with Crippen LogP contribution in [0.15, 0.2) is 73.1 Å². The first-order valence-corrected chi connectivity index (χ1v) is 6.53. The molecule has 0 amide bonds. The molecule has 2 aromatic carbocycles. The van der Waals surface area contributed by atoms with Crippen LogP contribution in [0.25, 0.3) is 5.69 Å². The van der Waals surface area contributed by atoms with E-state index in [1.54, 1.807) is 12.1 Å². The summed E-state index contributed by atoms with van der Waals surface area (Å²) in [6.07, 6.45) is 4.03. The van der Waals surface area contributed by atoms with Gasteiger partial charge in [0.15, 0.2) is 0 Å². The molecule has 0 aliphatic rings. The molecule has 2 nitrogen and oxygen atoms in total. The number of hydrogen-bond donors (Lipinski definition) is 1. The molecule has 1 N–H and O–H groups in total. The molecule has 0 spiro atoms. The molecule has 1 heterocycles. The third-order valence-electron chi connectivity index (χ3n) is 3.16. The molecular weight excluding hydrogens is 251 g/mol. The van der Waals surface area contributed by atoms with Gasteiger partial charge in [0.1, 0.15) is 5.82 Å². The molecule has 0 atom stereocenters. The first kappa shape index (κ1) is 12.5. The first-order valence-electron chi connectivity index (χ1n) is 6.53. The molecule has 0 radical (unpaired) electrons. The van der Waals surface area contributed by atoms with Crippen molar-refractivity contribution in [1.29, 1.82) is 0 Å². The minimum atomic E-state index is -0.205. The molecule has 0 unspecified atom stereocenters. The van der Waals surface area contributed by atoms with E-state index in [0.717, 1.165) is 16.9 Å². The highest BCUT2D eigenvalue weighted by atomic mass is 19.1. The third kappa shape index (κ3) is 2.88. The number of aromatic nitrogens is 1. The number of halogens is 1. The van der Waals surface area contributed by atoms with Gasteiger partial charge in [-0.15, -0.1) is 0 Å². The van der Waals surface area contributed by atoms with Crippen molar-refractivity contribution in [1.82, 2.24) is 4.57 Å². The summed E-state index contributed by atoms with van der Waals surface area (Å²) in [7, 11) is 0. The lowest BCUT2D eigenvalue weighted by Gasteiger charge is -2.09. The van der Waals surface area contributed by atoms with Gasteiger partial charge in [0.2, 0.25) is 0 Å². The van der Waals surface area contributed by atoms with E-state index < -0.39 is 0 Å². The molecule has 3 aromatic rings. The molecular formula is C17H15FN2. The molecule has 0 aliphatic carbocycles. The number of nitrogens with one attached hydrogen (secondary N) is 1. The summed E-state index contributed by atoms with van der Waals surface area (Å²) in [6, 6.07) is 18.7. The van der Waals surface area contributed by atoms with Crippen LogP contribution in [0.2, 0.25) is 0 Å². The maximum Gasteiger partial charge on any atom is 0.123 e. The van der Waals surface area contributed by atoms with Crippen LogP contribution >= 0.6 is 0 Å². The Bertz CT molecular complexity index is 672. The molecule has 0 bridgehead atoms. The van der Waals surface area contributed by atoms with E-state index in [4.69, 9.17) is 0 Å². The van der Waals surface area contributed by atoms with Crippen LogP contribution in [0.4, 0.5) is 10.1 Å². The fourth-order valence-corrected chi connectivity index (χ4v) is 2.09. The highest BCUT2D eigenvalue weighted by molar-refractivity contribution is 5.51. The SMILES string of the molecule is Fc1ccc(CNc2cccc(-n3cccc3)c2)cc1. The van der Waals surface area contributed by atoms with E-state index in [-0.39, 0.29) is 5.82 Å². The number of anilines is 1. The van der Waals surface area contributed by atoms with Gasteiger partial charge in [0.05, 0.1) is 0 Å². The minimum Gasteiger partial charge on any atom is -0.381 e. The molecule has 1 aromatic heterocycles. The Kier molecular flexibility index (Phi) is 3.50. The molecule has 3 heteroatoms. The van der Waals surface area contributed by atoms with E-state index in [9.17, 15) is 4.39 Å². The smallest absolute Gasteiger partial charge is 0.123 e. The standard InChI is InChI=1S/C17H15FN2/c18-15-8-6-14(7-9-15)13-19-16-4-3-5-17(12-16)20-10-1-2-11-20/h1-12,19H,13H2. The van der Waals surface area contributed by atoms with Gasteiger partial charge < -0.3 is 9.88 Å². The van der Waals surface area contributed by atoms with Crippen LogP contribution in [0.1, 0.15) is 5.56 Å². The number of rotatable bonds is 4. The molecule has 0 fully saturated rings. The maximum absolute atomic E-state index is 12.8. The summed E-state index contributed by atoms with van der Waals surface area (Å²) in [6.45, 7) is 0.676. The summed E-state index contributed by atoms with van der Waals surface area (Å²) in [5.41, 5.74) is 3.21. The zero-order valence-electron chi connectivity index (χ0n) is 11.0. The summed E-state index contributed by atoms with van der Waals surface area (Å²) < 4.78 is 14.9. The number of nitrogens with zero attached hydrogens (tertiary/aromatic N) is 1. The van der Waals surface area contributed by atoms with Crippen molar-refractivity contribution < 1.29 is 4.39 Å². The van der Waals surface area contributed by atoms with Crippen molar-refractivity contribution in [2.24, 2.45) is 0 Å². The Morgan fingerprint density at radius 2 is 1.65 bits per heavy atom. The van der Waals surface area contributed by atoms with Crippen LogP contribution in [0, 0.1) is 5.82 Å². The average molecular weight is 266 g/mol. The van der Waals surface area contributed by atoms with Crippen LogP contribution in [-0.4, -0.2) is 4.57 Å². The second-order valence-electron chi connectivity index (χ2n) is 4.62. The Morgan fingerprint density at radius 3 is 2.40 bits per heavy atom. The zero-order chi connectivity index (χ0) is 13.8. The second kappa shape index (κ2) is 5.61. The van der Waals surface area contributed by atoms with Gasteiger partial charge in [-0.3, -0.25) is 0 Å². The maximum atomic E-state index is 12.8. The van der Waals surface area contributed by atoms with Gasteiger partial charge in [0, 0.05) is 30.3 Å². The van der Waals surface area contributed by atoms with E-state index >= 15 is 0 Å². The normalized spacial score (nSPS) is 10.4. The molecule has 20 heavy (non-hydrogen) atoms.